The maximum Gasteiger partial charge on any atom is 0.249 e. The van der Waals surface area contributed by atoms with E-state index >= 15 is 0 Å². The number of hydroxylamine groups is 1. The van der Waals surface area contributed by atoms with E-state index in [0.29, 0.717) is 5.75 Å². The normalized spacial score (nSPS) is 10.3. The summed E-state index contributed by atoms with van der Waals surface area (Å²) in [6.45, 7) is 3.55. The molecule has 0 spiro atoms. The van der Waals surface area contributed by atoms with Crippen molar-refractivity contribution in [2.75, 3.05) is 7.11 Å². The van der Waals surface area contributed by atoms with Crippen LogP contribution in [0.25, 0.3) is 10.8 Å². The van der Waals surface area contributed by atoms with Crippen molar-refractivity contribution in [1.82, 2.24) is 5.48 Å². The predicted molar refractivity (Wildman–Crippen MR) is 78.9 cm³/mol. The van der Waals surface area contributed by atoms with Gasteiger partial charge in [0.1, 0.15) is 5.75 Å². The highest BCUT2D eigenvalue weighted by Crippen LogP contribution is 2.31. The number of benzene rings is 2. The molecule has 0 unspecified atom stereocenters. The van der Waals surface area contributed by atoms with Crippen LogP contribution in [0.15, 0.2) is 30.3 Å². The van der Waals surface area contributed by atoms with Gasteiger partial charge in [0.25, 0.3) is 0 Å². The van der Waals surface area contributed by atoms with Crippen LogP contribution in [0.3, 0.4) is 0 Å². The Morgan fingerprint density at radius 3 is 2.70 bits per heavy atom. The van der Waals surface area contributed by atoms with Crippen LogP contribution in [-0.2, 0) is 11.2 Å². The molecule has 2 aromatic carbocycles. The molecular weight excluding hydrogens is 254 g/mol. The van der Waals surface area contributed by atoms with Gasteiger partial charge in [-0.3, -0.25) is 4.79 Å². The molecule has 0 atom stereocenters. The minimum atomic E-state index is -0.234. The zero-order valence-corrected chi connectivity index (χ0v) is 12.0. The third kappa shape index (κ3) is 3.20. The zero-order valence-electron chi connectivity index (χ0n) is 12.0. The van der Waals surface area contributed by atoms with Gasteiger partial charge in [0.15, 0.2) is 5.75 Å². The van der Waals surface area contributed by atoms with E-state index in [1.54, 1.807) is 7.11 Å². The van der Waals surface area contributed by atoms with E-state index in [1.165, 1.54) is 12.5 Å². The van der Waals surface area contributed by atoms with E-state index in [9.17, 15) is 4.79 Å². The Bertz CT molecular complexity index is 622. The van der Waals surface area contributed by atoms with E-state index in [0.717, 1.165) is 29.4 Å². The molecule has 0 aliphatic heterocycles. The molecule has 2 aromatic rings. The SMILES string of the molecule is CCCc1cc(ONC(C)=O)c2cc(OC)ccc2c1. The molecule has 0 heterocycles. The van der Waals surface area contributed by atoms with Crippen molar-refractivity contribution in [2.24, 2.45) is 0 Å². The zero-order chi connectivity index (χ0) is 14.5. The highest BCUT2D eigenvalue weighted by Gasteiger charge is 2.08. The predicted octanol–water partition coefficient (Wildman–Crippen LogP) is 3.23. The second kappa shape index (κ2) is 6.28. The van der Waals surface area contributed by atoms with Crippen molar-refractivity contribution in [3.63, 3.8) is 0 Å². The van der Waals surface area contributed by atoms with Gasteiger partial charge in [0.05, 0.1) is 7.11 Å². The average molecular weight is 273 g/mol. The number of rotatable bonds is 5. The van der Waals surface area contributed by atoms with Crippen LogP contribution in [0.2, 0.25) is 0 Å². The number of fused-ring (bicyclic) bond motifs is 1. The maximum absolute atomic E-state index is 11.0. The first kappa shape index (κ1) is 14.2. The number of carbonyl (C=O) groups is 1. The molecule has 0 bridgehead atoms. The van der Waals surface area contributed by atoms with Crippen molar-refractivity contribution in [1.29, 1.82) is 0 Å². The lowest BCUT2D eigenvalue weighted by Gasteiger charge is -2.12. The van der Waals surface area contributed by atoms with Crippen molar-refractivity contribution in [3.05, 3.63) is 35.9 Å². The highest BCUT2D eigenvalue weighted by molar-refractivity contribution is 5.90. The summed E-state index contributed by atoms with van der Waals surface area (Å²) in [5.74, 6) is 1.16. The number of carbonyl (C=O) groups excluding carboxylic acids is 1. The third-order valence-electron chi connectivity index (χ3n) is 3.03. The minimum absolute atomic E-state index is 0.234. The van der Waals surface area contributed by atoms with Crippen molar-refractivity contribution in [2.45, 2.75) is 26.7 Å². The lowest BCUT2D eigenvalue weighted by molar-refractivity contribution is -0.125. The molecule has 0 radical (unpaired) electrons. The van der Waals surface area contributed by atoms with E-state index in [2.05, 4.69) is 18.5 Å². The maximum atomic E-state index is 11.0. The first-order valence-electron chi connectivity index (χ1n) is 6.68. The molecule has 4 nitrogen and oxygen atoms in total. The molecular formula is C16H19NO3. The first-order chi connectivity index (χ1) is 9.63. The Balaban J connectivity index is 2.49. The van der Waals surface area contributed by atoms with Crippen LogP contribution in [-0.4, -0.2) is 13.0 Å². The van der Waals surface area contributed by atoms with Gasteiger partial charge >= 0.3 is 0 Å². The fraction of sp³-hybridized carbons (Fsp3) is 0.312. The molecule has 1 amide bonds. The summed E-state index contributed by atoms with van der Waals surface area (Å²) in [5.41, 5.74) is 3.57. The summed E-state index contributed by atoms with van der Waals surface area (Å²) < 4.78 is 5.24. The number of nitrogens with one attached hydrogen (secondary N) is 1. The molecule has 2 rings (SSSR count). The number of hydrogen-bond acceptors (Lipinski definition) is 3. The molecule has 4 heteroatoms. The molecule has 20 heavy (non-hydrogen) atoms. The molecule has 1 N–H and O–H groups in total. The lowest BCUT2D eigenvalue weighted by Crippen LogP contribution is -2.23. The lowest BCUT2D eigenvalue weighted by atomic mass is 10.0. The number of ether oxygens (including phenoxy) is 1. The second-order valence-electron chi connectivity index (χ2n) is 4.69. The number of methoxy groups -OCH3 is 1. The summed E-state index contributed by atoms with van der Waals surface area (Å²) in [6.07, 6.45) is 2.03. The van der Waals surface area contributed by atoms with Gasteiger partial charge in [-0.05, 0) is 35.6 Å². The molecule has 0 aliphatic carbocycles. The summed E-state index contributed by atoms with van der Waals surface area (Å²) >= 11 is 0. The summed E-state index contributed by atoms with van der Waals surface area (Å²) in [7, 11) is 1.63. The van der Waals surface area contributed by atoms with Gasteiger partial charge in [-0.2, -0.15) is 5.48 Å². The Morgan fingerprint density at radius 1 is 1.25 bits per heavy atom. The molecule has 0 saturated carbocycles. The Morgan fingerprint density at radius 2 is 2.05 bits per heavy atom. The number of hydrogen-bond donors (Lipinski definition) is 1. The Hall–Kier alpha value is -2.23. The van der Waals surface area contributed by atoms with Crippen LogP contribution in [0.5, 0.6) is 11.5 Å². The molecule has 106 valence electrons. The monoisotopic (exact) mass is 273 g/mol. The fourth-order valence-corrected chi connectivity index (χ4v) is 2.13. The van der Waals surface area contributed by atoms with Crippen LogP contribution in [0, 0.1) is 0 Å². The van der Waals surface area contributed by atoms with E-state index < -0.39 is 0 Å². The Kier molecular flexibility index (Phi) is 4.45. The van der Waals surface area contributed by atoms with Crippen LogP contribution >= 0.6 is 0 Å². The van der Waals surface area contributed by atoms with Crippen LogP contribution < -0.4 is 15.1 Å². The molecule has 0 aromatic heterocycles. The minimum Gasteiger partial charge on any atom is -0.497 e. The molecule has 0 saturated heterocycles. The van der Waals surface area contributed by atoms with E-state index in [4.69, 9.17) is 9.57 Å². The standard InChI is InChI=1S/C16H19NO3/c1-4-5-12-8-13-6-7-14(19-3)10-15(13)16(9-12)20-17-11(2)18/h6-10H,4-5H2,1-3H3,(H,17,18). The fourth-order valence-electron chi connectivity index (χ4n) is 2.13. The van der Waals surface area contributed by atoms with Gasteiger partial charge in [0.2, 0.25) is 5.91 Å². The topological polar surface area (TPSA) is 47.6 Å². The first-order valence-corrected chi connectivity index (χ1v) is 6.68. The largest absolute Gasteiger partial charge is 0.497 e. The highest BCUT2D eigenvalue weighted by atomic mass is 16.7. The number of aryl methyl sites for hydroxylation is 1. The van der Waals surface area contributed by atoms with Crippen molar-refractivity contribution in [3.8, 4) is 11.5 Å². The van der Waals surface area contributed by atoms with E-state index in [1.807, 2.05) is 24.3 Å². The van der Waals surface area contributed by atoms with Crippen LogP contribution in [0.4, 0.5) is 0 Å². The van der Waals surface area contributed by atoms with Crippen molar-refractivity contribution >= 4 is 16.7 Å². The van der Waals surface area contributed by atoms with Gasteiger partial charge in [-0.1, -0.05) is 25.5 Å². The van der Waals surface area contributed by atoms with Gasteiger partial charge in [-0.25, -0.2) is 0 Å². The van der Waals surface area contributed by atoms with Crippen molar-refractivity contribution < 1.29 is 14.4 Å². The molecule has 0 aliphatic rings. The van der Waals surface area contributed by atoms with Gasteiger partial charge in [0, 0.05) is 12.3 Å². The number of amides is 1. The Labute approximate surface area is 118 Å². The smallest absolute Gasteiger partial charge is 0.249 e. The third-order valence-corrected chi connectivity index (χ3v) is 3.03. The van der Waals surface area contributed by atoms with E-state index in [-0.39, 0.29) is 5.91 Å². The average Bonchev–Trinajstić information content (AvgIpc) is 2.44. The van der Waals surface area contributed by atoms with Gasteiger partial charge < -0.3 is 9.57 Å². The summed E-state index contributed by atoms with van der Waals surface area (Å²) in [6, 6.07) is 9.91. The van der Waals surface area contributed by atoms with Crippen LogP contribution in [0.1, 0.15) is 25.8 Å². The quantitative estimate of drug-likeness (QED) is 0.851. The van der Waals surface area contributed by atoms with Gasteiger partial charge in [-0.15, -0.1) is 0 Å². The summed E-state index contributed by atoms with van der Waals surface area (Å²) in [4.78, 5) is 16.4. The second-order valence-corrected chi connectivity index (χ2v) is 4.69. The molecule has 0 fully saturated rings. The summed E-state index contributed by atoms with van der Waals surface area (Å²) in [5, 5.41) is 1.98.